The fourth-order valence-electron chi connectivity index (χ4n) is 9.31. The molecule has 0 aliphatic rings. The molecule has 100 heavy (non-hydrogen) atoms. The standard InChI is InChI=1S/C81H132O17P2/c1-5-9-13-17-21-25-29-32-35-36-37-38-41-43-47-50-54-58-62-66-79(84)91-71-76(97-80(85)67-63-59-55-51-45-28-24-20-16-12-8-4)73-95-99(87,88)93-69-75(82)70-94-100(89,90)96-74-77(98-81(86)68-64-60-56-52-48-44-40-34-31-27-23-19-15-11-7-3)72-92-78(83)65-61-57-53-49-46-42-39-33-30-26-22-18-14-10-6-2/h9-11,13-15,20-27,32-35,37-40,43,47,54,58,75-77,82H,5-8,12,16-19,28-31,36,41-42,44-46,48-53,55-57,59-74H2,1-4H3,(H,87,88)(H,89,90)/b13-9-,14-10-,15-11-,24-20-,25-21-,26-22-,27-23-,35-32-,38-37-,39-33-,40-34-,47-43-,58-54-. The summed E-state index contributed by atoms with van der Waals surface area (Å²) in [6.45, 7) is 4.33. The zero-order valence-corrected chi connectivity index (χ0v) is 63.6. The van der Waals surface area contributed by atoms with E-state index in [9.17, 15) is 43.2 Å². The Morgan fingerprint density at radius 1 is 0.290 bits per heavy atom. The predicted molar refractivity (Wildman–Crippen MR) is 408 cm³/mol. The molecular weight excluding hydrogens is 1310 g/mol. The van der Waals surface area contributed by atoms with Gasteiger partial charge in [0.15, 0.2) is 12.2 Å². The van der Waals surface area contributed by atoms with Crippen molar-refractivity contribution < 1.29 is 80.2 Å². The summed E-state index contributed by atoms with van der Waals surface area (Å²) < 4.78 is 68.3. The van der Waals surface area contributed by atoms with Crippen LogP contribution in [0.15, 0.2) is 158 Å². The molecule has 0 saturated heterocycles. The van der Waals surface area contributed by atoms with Crippen molar-refractivity contribution in [3.63, 3.8) is 0 Å². The SMILES string of the molecule is CC/C=C\C/C=C\C/C=C\C/C=C\C/C=C\C/C=C\CCC(=O)OCC(COP(=O)(O)OCC(O)COP(=O)(O)OCC(COC(=O)CCCCCCC/C=C\C/C=C\C/C=C\CC)OC(=O)CCCCCCC/C=C\C/C=C\C/C=C\CC)OC(=O)CCCCCCC/C=C\CCCC. The van der Waals surface area contributed by atoms with Crippen LogP contribution in [-0.4, -0.2) is 96.7 Å². The van der Waals surface area contributed by atoms with Crippen LogP contribution in [0, 0.1) is 0 Å². The summed E-state index contributed by atoms with van der Waals surface area (Å²) in [5.41, 5.74) is 0. The number of phosphoric acid groups is 2. The Labute approximate surface area is 604 Å². The van der Waals surface area contributed by atoms with Gasteiger partial charge in [0, 0.05) is 25.7 Å². The highest BCUT2D eigenvalue weighted by Gasteiger charge is 2.30. The van der Waals surface area contributed by atoms with E-state index in [1.807, 2.05) is 18.2 Å². The zero-order valence-electron chi connectivity index (χ0n) is 61.8. The summed E-state index contributed by atoms with van der Waals surface area (Å²) in [5.74, 6) is -2.33. The Kier molecular flexibility index (Phi) is 68.2. The van der Waals surface area contributed by atoms with E-state index in [0.717, 1.165) is 180 Å². The number of ether oxygens (including phenoxy) is 4. The highest BCUT2D eigenvalue weighted by molar-refractivity contribution is 7.47. The maximum absolute atomic E-state index is 13.1. The van der Waals surface area contributed by atoms with E-state index in [2.05, 4.69) is 167 Å². The molecule has 0 radical (unpaired) electrons. The first kappa shape index (κ1) is 94.7. The minimum Gasteiger partial charge on any atom is -0.462 e. The summed E-state index contributed by atoms with van der Waals surface area (Å²) in [5, 5.41) is 10.6. The number of hydrogen-bond acceptors (Lipinski definition) is 15. The molecule has 0 aromatic heterocycles. The average molecular weight is 1440 g/mol. The molecule has 0 heterocycles. The van der Waals surface area contributed by atoms with Gasteiger partial charge in [-0.2, -0.15) is 0 Å². The van der Waals surface area contributed by atoms with Gasteiger partial charge in [0.25, 0.3) is 0 Å². The number of carbonyl (C=O) groups is 4. The Balaban J connectivity index is 5.42. The van der Waals surface area contributed by atoms with Crippen molar-refractivity contribution in [2.24, 2.45) is 0 Å². The van der Waals surface area contributed by atoms with Crippen molar-refractivity contribution in [3.05, 3.63) is 158 Å². The van der Waals surface area contributed by atoms with E-state index in [1.165, 1.54) is 6.42 Å². The molecular formula is C81H132O17P2. The highest BCUT2D eigenvalue weighted by atomic mass is 31.2. The lowest BCUT2D eigenvalue weighted by molar-refractivity contribution is -0.161. The van der Waals surface area contributed by atoms with Crippen molar-refractivity contribution in [2.75, 3.05) is 39.6 Å². The lowest BCUT2D eigenvalue weighted by atomic mass is 10.1. The van der Waals surface area contributed by atoms with Crippen LogP contribution in [0.25, 0.3) is 0 Å². The third-order valence-electron chi connectivity index (χ3n) is 15.0. The second-order valence-corrected chi connectivity index (χ2v) is 27.3. The van der Waals surface area contributed by atoms with Crippen LogP contribution in [-0.2, 0) is 65.4 Å². The molecule has 0 fully saturated rings. The number of hydrogen-bond donors (Lipinski definition) is 3. The molecule has 0 aromatic carbocycles. The minimum absolute atomic E-state index is 0.0296. The minimum atomic E-state index is -5.00. The molecule has 0 aliphatic carbocycles. The van der Waals surface area contributed by atoms with Gasteiger partial charge in [-0.15, -0.1) is 0 Å². The molecule has 5 unspecified atom stereocenters. The van der Waals surface area contributed by atoms with Crippen molar-refractivity contribution in [2.45, 2.75) is 290 Å². The Morgan fingerprint density at radius 3 is 0.870 bits per heavy atom. The van der Waals surface area contributed by atoms with E-state index in [-0.39, 0.29) is 25.7 Å². The van der Waals surface area contributed by atoms with E-state index < -0.39 is 97.5 Å². The molecule has 17 nitrogen and oxygen atoms in total. The summed E-state index contributed by atoms with van der Waals surface area (Å²) in [6, 6.07) is 0. The van der Waals surface area contributed by atoms with Gasteiger partial charge in [-0.25, -0.2) is 9.13 Å². The highest BCUT2D eigenvalue weighted by Crippen LogP contribution is 2.45. The van der Waals surface area contributed by atoms with E-state index in [1.54, 1.807) is 0 Å². The van der Waals surface area contributed by atoms with Crippen molar-refractivity contribution in [3.8, 4) is 0 Å². The van der Waals surface area contributed by atoms with Crippen LogP contribution in [0.1, 0.15) is 272 Å². The summed E-state index contributed by atoms with van der Waals surface area (Å²) >= 11 is 0. The first-order valence-electron chi connectivity index (χ1n) is 37.7. The first-order valence-corrected chi connectivity index (χ1v) is 40.7. The second-order valence-electron chi connectivity index (χ2n) is 24.4. The fraction of sp³-hybridized carbons (Fsp3) is 0.630. The number of allylic oxidation sites excluding steroid dienone is 26. The van der Waals surface area contributed by atoms with Gasteiger partial charge in [0.2, 0.25) is 0 Å². The van der Waals surface area contributed by atoms with Gasteiger partial charge in [-0.05, 0) is 148 Å². The van der Waals surface area contributed by atoms with Gasteiger partial charge >= 0.3 is 39.5 Å². The molecule has 5 atom stereocenters. The van der Waals surface area contributed by atoms with Gasteiger partial charge in [0.05, 0.1) is 26.4 Å². The Bertz CT molecular complexity index is 2520. The Morgan fingerprint density at radius 2 is 0.540 bits per heavy atom. The van der Waals surface area contributed by atoms with Crippen LogP contribution in [0.5, 0.6) is 0 Å². The van der Waals surface area contributed by atoms with Crippen LogP contribution in [0.2, 0.25) is 0 Å². The number of aliphatic hydroxyl groups excluding tert-OH is 1. The largest absolute Gasteiger partial charge is 0.472 e. The fourth-order valence-corrected chi connectivity index (χ4v) is 10.9. The summed E-state index contributed by atoms with van der Waals surface area (Å²) in [6.07, 6.45) is 82.6. The van der Waals surface area contributed by atoms with Crippen LogP contribution in [0.3, 0.4) is 0 Å². The number of esters is 4. The molecule has 19 heteroatoms. The normalized spacial score (nSPS) is 14.8. The summed E-state index contributed by atoms with van der Waals surface area (Å²) in [7, 11) is -9.99. The Hall–Kier alpha value is -5.32. The van der Waals surface area contributed by atoms with Crippen LogP contribution in [0.4, 0.5) is 0 Å². The van der Waals surface area contributed by atoms with Crippen molar-refractivity contribution >= 4 is 39.5 Å². The second kappa shape index (κ2) is 72.0. The monoisotopic (exact) mass is 1440 g/mol. The third-order valence-corrected chi connectivity index (χ3v) is 16.9. The predicted octanol–water partition coefficient (Wildman–Crippen LogP) is 21.7. The topological polar surface area (TPSA) is 237 Å². The van der Waals surface area contributed by atoms with E-state index >= 15 is 0 Å². The molecule has 0 amide bonds. The quantitative estimate of drug-likeness (QED) is 0.0169. The van der Waals surface area contributed by atoms with E-state index in [4.69, 9.17) is 37.0 Å². The number of aliphatic hydroxyl groups is 1. The summed E-state index contributed by atoms with van der Waals surface area (Å²) in [4.78, 5) is 72.8. The molecule has 0 aromatic rings. The molecule has 0 aliphatic heterocycles. The van der Waals surface area contributed by atoms with Crippen molar-refractivity contribution in [1.82, 2.24) is 0 Å². The lowest BCUT2D eigenvalue weighted by Crippen LogP contribution is -2.30. The smallest absolute Gasteiger partial charge is 0.462 e. The average Bonchev–Trinajstić information content (AvgIpc) is 0.953. The number of phosphoric ester groups is 2. The maximum Gasteiger partial charge on any atom is 0.472 e. The van der Waals surface area contributed by atoms with Gasteiger partial charge in [-0.3, -0.25) is 37.3 Å². The molecule has 0 rings (SSSR count). The number of unbranched alkanes of at least 4 members (excludes halogenated alkanes) is 17. The van der Waals surface area contributed by atoms with Crippen LogP contribution >= 0.6 is 15.6 Å². The van der Waals surface area contributed by atoms with Gasteiger partial charge < -0.3 is 33.8 Å². The molecule has 3 N–H and O–H groups in total. The third kappa shape index (κ3) is 71.1. The molecule has 0 bridgehead atoms. The van der Waals surface area contributed by atoms with Crippen LogP contribution < -0.4 is 0 Å². The molecule has 0 saturated carbocycles. The maximum atomic E-state index is 13.1. The van der Waals surface area contributed by atoms with Gasteiger partial charge in [0.1, 0.15) is 19.3 Å². The zero-order chi connectivity index (χ0) is 73.2. The van der Waals surface area contributed by atoms with Crippen molar-refractivity contribution in [1.29, 1.82) is 0 Å². The lowest BCUT2D eigenvalue weighted by Gasteiger charge is -2.21. The van der Waals surface area contributed by atoms with E-state index in [0.29, 0.717) is 32.1 Å². The van der Waals surface area contributed by atoms with Gasteiger partial charge in [-0.1, -0.05) is 256 Å². The molecule has 0 spiro atoms. The number of carbonyl (C=O) groups excluding carboxylic acids is 4. The molecule has 568 valence electrons. The first-order chi connectivity index (χ1) is 48.7. The number of rotatable bonds is 69.